The average Bonchev–Trinajstić information content (AvgIpc) is 2.15. The first-order chi connectivity index (χ1) is 6.25. The van der Waals surface area contributed by atoms with Crippen molar-refractivity contribution in [1.29, 1.82) is 0 Å². The molecule has 0 unspecified atom stereocenters. The van der Waals surface area contributed by atoms with Crippen LogP contribution in [0.3, 0.4) is 0 Å². The number of benzene rings is 1. The molecule has 0 aliphatic heterocycles. The molecule has 13 heavy (non-hydrogen) atoms. The lowest BCUT2D eigenvalue weighted by Crippen LogP contribution is -2.37. The van der Waals surface area contributed by atoms with Crippen LogP contribution in [0.4, 0.5) is 10.5 Å². The topological polar surface area (TPSA) is 46.3 Å². The lowest BCUT2D eigenvalue weighted by molar-refractivity contribution is 0.254. The predicted molar refractivity (Wildman–Crippen MR) is 54.1 cm³/mol. The summed E-state index contributed by atoms with van der Waals surface area (Å²) < 4.78 is 0. The van der Waals surface area contributed by atoms with E-state index in [2.05, 4.69) is 0 Å². The highest BCUT2D eigenvalue weighted by molar-refractivity contribution is 6.18. The van der Waals surface area contributed by atoms with E-state index in [-0.39, 0.29) is 0 Å². The van der Waals surface area contributed by atoms with E-state index < -0.39 is 6.03 Å². The number of carbonyl (C=O) groups excluding carboxylic acids is 1. The Balaban J connectivity index is 2.82. The highest BCUT2D eigenvalue weighted by Crippen LogP contribution is 2.12. The minimum Gasteiger partial charge on any atom is -0.351 e. The van der Waals surface area contributed by atoms with Crippen LogP contribution in [0.2, 0.25) is 0 Å². The summed E-state index contributed by atoms with van der Waals surface area (Å²) in [6.07, 6.45) is 0. The first kappa shape index (κ1) is 9.86. The summed E-state index contributed by atoms with van der Waals surface area (Å²) in [7, 11) is 0. The Morgan fingerprint density at radius 1 is 1.38 bits per heavy atom. The molecule has 0 aliphatic rings. The van der Waals surface area contributed by atoms with Gasteiger partial charge in [0.1, 0.15) is 0 Å². The van der Waals surface area contributed by atoms with Gasteiger partial charge in [-0.1, -0.05) is 18.2 Å². The number of rotatable bonds is 3. The zero-order valence-electron chi connectivity index (χ0n) is 7.11. The molecule has 0 saturated carbocycles. The fourth-order valence-electron chi connectivity index (χ4n) is 1.06. The molecule has 3 nitrogen and oxygen atoms in total. The molecular weight excluding hydrogens is 188 g/mol. The highest BCUT2D eigenvalue weighted by Gasteiger charge is 2.09. The molecule has 0 saturated heterocycles. The zero-order chi connectivity index (χ0) is 9.68. The van der Waals surface area contributed by atoms with Gasteiger partial charge in [0.15, 0.2) is 0 Å². The fourth-order valence-corrected chi connectivity index (χ4v) is 1.23. The van der Waals surface area contributed by atoms with Crippen molar-refractivity contribution in [1.82, 2.24) is 0 Å². The second-order valence-corrected chi connectivity index (χ2v) is 2.89. The standard InChI is InChI=1S/C9H11ClN2O/c10-6-7-12(9(11)13)8-4-2-1-3-5-8/h1-5H,6-7H2,(H2,11,13). The van der Waals surface area contributed by atoms with Crippen LogP contribution in [0, 0.1) is 0 Å². The van der Waals surface area contributed by atoms with Crippen LogP contribution >= 0.6 is 11.6 Å². The van der Waals surface area contributed by atoms with Gasteiger partial charge in [-0.25, -0.2) is 4.79 Å². The van der Waals surface area contributed by atoms with E-state index in [4.69, 9.17) is 17.3 Å². The number of anilines is 1. The summed E-state index contributed by atoms with van der Waals surface area (Å²) in [5.41, 5.74) is 5.96. The van der Waals surface area contributed by atoms with Gasteiger partial charge in [0, 0.05) is 18.1 Å². The van der Waals surface area contributed by atoms with Crippen LogP contribution in [0.1, 0.15) is 0 Å². The van der Waals surface area contributed by atoms with Crippen LogP contribution < -0.4 is 10.6 Å². The summed E-state index contributed by atoms with van der Waals surface area (Å²) in [6, 6.07) is 8.73. The largest absolute Gasteiger partial charge is 0.351 e. The van der Waals surface area contributed by atoms with Crippen molar-refractivity contribution in [3.8, 4) is 0 Å². The lowest BCUT2D eigenvalue weighted by Gasteiger charge is -2.18. The Kier molecular flexibility index (Phi) is 3.58. The molecule has 2 amide bonds. The predicted octanol–water partition coefficient (Wildman–Crippen LogP) is 1.81. The molecule has 0 atom stereocenters. The molecule has 0 bridgehead atoms. The minimum absolute atomic E-state index is 0.373. The summed E-state index contributed by atoms with van der Waals surface area (Å²) in [5, 5.41) is 0. The van der Waals surface area contributed by atoms with Gasteiger partial charge in [0.25, 0.3) is 0 Å². The summed E-state index contributed by atoms with van der Waals surface area (Å²) in [6.45, 7) is 0.431. The van der Waals surface area contributed by atoms with Crippen LogP contribution in [-0.2, 0) is 0 Å². The van der Waals surface area contributed by atoms with Gasteiger partial charge in [0.2, 0.25) is 0 Å². The molecule has 4 heteroatoms. The number of alkyl halides is 1. The summed E-state index contributed by atoms with van der Waals surface area (Å²) in [5.74, 6) is 0.373. The number of primary amides is 1. The number of carbonyl (C=O) groups is 1. The third-order valence-corrected chi connectivity index (χ3v) is 1.81. The molecule has 1 aromatic carbocycles. The van der Waals surface area contributed by atoms with Crippen molar-refractivity contribution in [3.63, 3.8) is 0 Å². The third-order valence-electron chi connectivity index (χ3n) is 1.64. The molecule has 0 fully saturated rings. The van der Waals surface area contributed by atoms with E-state index >= 15 is 0 Å². The number of para-hydroxylation sites is 1. The summed E-state index contributed by atoms with van der Waals surface area (Å²) in [4.78, 5) is 12.4. The van der Waals surface area contributed by atoms with Crippen molar-refractivity contribution in [3.05, 3.63) is 30.3 Å². The van der Waals surface area contributed by atoms with E-state index in [1.807, 2.05) is 30.3 Å². The number of nitrogens with two attached hydrogens (primary N) is 1. The smallest absolute Gasteiger partial charge is 0.319 e. The van der Waals surface area contributed by atoms with Gasteiger partial charge in [-0.3, -0.25) is 4.90 Å². The maximum Gasteiger partial charge on any atom is 0.319 e. The van der Waals surface area contributed by atoms with Gasteiger partial charge in [-0.15, -0.1) is 11.6 Å². The SMILES string of the molecule is NC(=O)N(CCCl)c1ccccc1. The number of urea groups is 1. The van der Waals surface area contributed by atoms with Crippen LogP contribution in [0.5, 0.6) is 0 Å². The number of nitrogens with zero attached hydrogens (tertiary/aromatic N) is 1. The fraction of sp³-hybridized carbons (Fsp3) is 0.222. The monoisotopic (exact) mass is 198 g/mol. The van der Waals surface area contributed by atoms with Crippen molar-refractivity contribution < 1.29 is 4.79 Å². The molecule has 0 heterocycles. The average molecular weight is 199 g/mol. The van der Waals surface area contributed by atoms with Crippen molar-refractivity contribution in [2.45, 2.75) is 0 Å². The highest BCUT2D eigenvalue weighted by atomic mass is 35.5. The van der Waals surface area contributed by atoms with E-state index in [1.54, 1.807) is 0 Å². The normalized spacial score (nSPS) is 9.62. The molecule has 0 radical (unpaired) electrons. The Labute approximate surface area is 82.1 Å². The number of halogens is 1. The second kappa shape index (κ2) is 4.72. The zero-order valence-corrected chi connectivity index (χ0v) is 7.87. The molecular formula is C9H11ClN2O. The van der Waals surface area contributed by atoms with Crippen molar-refractivity contribution in [2.24, 2.45) is 5.73 Å². The first-order valence-corrected chi connectivity index (χ1v) is 4.47. The van der Waals surface area contributed by atoms with Gasteiger partial charge < -0.3 is 5.73 Å². The maximum absolute atomic E-state index is 11.0. The van der Waals surface area contributed by atoms with Crippen molar-refractivity contribution in [2.75, 3.05) is 17.3 Å². The minimum atomic E-state index is -0.480. The van der Waals surface area contributed by atoms with E-state index in [1.165, 1.54) is 4.90 Å². The third kappa shape index (κ3) is 2.63. The molecule has 0 spiro atoms. The van der Waals surface area contributed by atoms with E-state index in [0.717, 1.165) is 5.69 Å². The van der Waals surface area contributed by atoms with Crippen molar-refractivity contribution >= 4 is 23.3 Å². The Morgan fingerprint density at radius 2 is 2.00 bits per heavy atom. The first-order valence-electron chi connectivity index (χ1n) is 3.93. The molecule has 0 aliphatic carbocycles. The second-order valence-electron chi connectivity index (χ2n) is 2.51. The number of hydrogen-bond donors (Lipinski definition) is 1. The maximum atomic E-state index is 11.0. The quantitative estimate of drug-likeness (QED) is 0.740. The Morgan fingerprint density at radius 3 is 2.46 bits per heavy atom. The molecule has 70 valence electrons. The van der Waals surface area contributed by atoms with Crippen LogP contribution in [0.25, 0.3) is 0 Å². The van der Waals surface area contributed by atoms with Gasteiger partial charge in [-0.2, -0.15) is 0 Å². The molecule has 2 N–H and O–H groups in total. The summed E-state index contributed by atoms with van der Waals surface area (Å²) >= 11 is 5.54. The molecule has 1 rings (SSSR count). The number of hydrogen-bond acceptors (Lipinski definition) is 1. The van der Waals surface area contributed by atoms with Gasteiger partial charge in [0.05, 0.1) is 0 Å². The van der Waals surface area contributed by atoms with Crippen LogP contribution in [0.15, 0.2) is 30.3 Å². The lowest BCUT2D eigenvalue weighted by atomic mass is 10.3. The van der Waals surface area contributed by atoms with Crippen LogP contribution in [-0.4, -0.2) is 18.5 Å². The Hall–Kier alpha value is -1.22. The van der Waals surface area contributed by atoms with Gasteiger partial charge in [-0.05, 0) is 12.1 Å². The molecule has 1 aromatic rings. The van der Waals surface area contributed by atoms with Gasteiger partial charge >= 0.3 is 6.03 Å². The number of amides is 2. The Bertz CT molecular complexity index is 276. The van der Waals surface area contributed by atoms with E-state index in [0.29, 0.717) is 12.4 Å². The molecule has 0 aromatic heterocycles. The van der Waals surface area contributed by atoms with E-state index in [9.17, 15) is 4.79 Å².